The lowest BCUT2D eigenvalue weighted by Crippen LogP contribution is -2.23. The third-order valence-electron chi connectivity index (χ3n) is 2.91. The van der Waals surface area contributed by atoms with Gasteiger partial charge in [0.1, 0.15) is 11.5 Å². The molecule has 2 N–H and O–H groups in total. The maximum Gasteiger partial charge on any atom is 0.118 e. The smallest absolute Gasteiger partial charge is 0.118 e. The number of rotatable bonds is 7. The van der Waals surface area contributed by atoms with Crippen LogP contribution in [0.5, 0.6) is 0 Å². The summed E-state index contributed by atoms with van der Waals surface area (Å²) in [6, 6.07) is 13.9. The van der Waals surface area contributed by atoms with E-state index in [0.29, 0.717) is 6.54 Å². The summed E-state index contributed by atoms with van der Waals surface area (Å²) in [5.74, 6) is 2.78. The molecule has 0 aliphatic carbocycles. The molecule has 0 radical (unpaired) electrons. The zero-order valence-electron chi connectivity index (χ0n) is 11.0. The first-order chi connectivity index (χ1) is 9.33. The second kappa shape index (κ2) is 7.38. The molecule has 1 aromatic carbocycles. The number of thioether (sulfide) groups is 1. The van der Waals surface area contributed by atoms with Gasteiger partial charge in [-0.15, -0.1) is 0 Å². The van der Waals surface area contributed by atoms with E-state index in [2.05, 4.69) is 11.6 Å². The minimum absolute atomic E-state index is 0.0599. The number of aliphatic hydroxyl groups excluding tert-OH is 1. The third-order valence-corrected chi connectivity index (χ3v) is 3.48. The number of furan rings is 1. The van der Waals surface area contributed by atoms with Crippen molar-refractivity contribution in [3.8, 4) is 0 Å². The second-order valence-corrected chi connectivity index (χ2v) is 5.19. The van der Waals surface area contributed by atoms with E-state index in [4.69, 9.17) is 4.42 Å². The highest BCUT2D eigenvalue weighted by molar-refractivity contribution is 7.97. The maximum atomic E-state index is 9.45. The van der Waals surface area contributed by atoms with Crippen LogP contribution in [0.3, 0.4) is 0 Å². The highest BCUT2D eigenvalue weighted by Gasteiger charge is 2.10. The zero-order valence-corrected chi connectivity index (χ0v) is 11.8. The molecule has 4 heteroatoms. The highest BCUT2D eigenvalue weighted by atomic mass is 32.2. The van der Waals surface area contributed by atoms with E-state index in [1.54, 1.807) is 11.8 Å². The summed E-state index contributed by atoms with van der Waals surface area (Å²) < 4.78 is 5.69. The van der Waals surface area contributed by atoms with Crippen molar-refractivity contribution < 1.29 is 9.52 Å². The summed E-state index contributed by atoms with van der Waals surface area (Å²) in [6.45, 7) is 0.691. The largest absolute Gasteiger partial charge is 0.464 e. The number of benzene rings is 1. The minimum atomic E-state index is -0.0599. The Morgan fingerprint density at radius 2 is 1.89 bits per heavy atom. The molecule has 1 aromatic heterocycles. The average Bonchev–Trinajstić information content (AvgIpc) is 2.89. The van der Waals surface area contributed by atoms with Crippen LogP contribution in [0.2, 0.25) is 0 Å². The molecule has 2 aromatic rings. The van der Waals surface area contributed by atoms with Crippen LogP contribution in [-0.4, -0.2) is 18.0 Å². The molecule has 3 nitrogen and oxygen atoms in total. The van der Waals surface area contributed by atoms with E-state index in [-0.39, 0.29) is 12.6 Å². The number of hydrogen-bond acceptors (Lipinski definition) is 4. The van der Waals surface area contributed by atoms with Gasteiger partial charge in [-0.05, 0) is 24.0 Å². The fraction of sp³-hybridized carbons (Fsp3) is 0.333. The Kier molecular flexibility index (Phi) is 5.51. The molecule has 0 bridgehead atoms. The normalized spacial score (nSPS) is 12.5. The van der Waals surface area contributed by atoms with Gasteiger partial charge < -0.3 is 14.8 Å². The second-order valence-electron chi connectivity index (χ2n) is 4.33. The molecule has 19 heavy (non-hydrogen) atoms. The predicted molar refractivity (Wildman–Crippen MR) is 79.0 cm³/mol. The van der Waals surface area contributed by atoms with E-state index >= 15 is 0 Å². The first-order valence-electron chi connectivity index (χ1n) is 6.29. The first-order valence-corrected chi connectivity index (χ1v) is 7.68. The Morgan fingerprint density at radius 3 is 2.58 bits per heavy atom. The van der Waals surface area contributed by atoms with Gasteiger partial charge in [-0.2, -0.15) is 11.8 Å². The Labute approximate surface area is 118 Å². The molecular formula is C15H19NO2S. The fourth-order valence-electron chi connectivity index (χ4n) is 1.93. The van der Waals surface area contributed by atoms with E-state index in [1.807, 2.05) is 42.5 Å². The van der Waals surface area contributed by atoms with E-state index < -0.39 is 0 Å². The van der Waals surface area contributed by atoms with Crippen molar-refractivity contribution in [3.05, 3.63) is 59.5 Å². The Hall–Kier alpha value is -1.23. The topological polar surface area (TPSA) is 45.4 Å². The molecule has 0 aliphatic rings. The zero-order chi connectivity index (χ0) is 13.5. The van der Waals surface area contributed by atoms with Crippen LogP contribution in [0.4, 0.5) is 0 Å². The summed E-state index contributed by atoms with van der Waals surface area (Å²) in [7, 11) is 0. The molecule has 0 fully saturated rings. The van der Waals surface area contributed by atoms with Crippen LogP contribution >= 0.6 is 11.8 Å². The standard InChI is InChI=1S/C15H19NO2S/c1-19-11-14-8-7-13(18-14)9-16-15(10-17)12-5-3-2-4-6-12/h2-8,15-17H,9-11H2,1H3. The predicted octanol–water partition coefficient (Wildman–Crippen LogP) is 2.97. The van der Waals surface area contributed by atoms with Gasteiger partial charge in [0.25, 0.3) is 0 Å². The van der Waals surface area contributed by atoms with Crippen LogP contribution in [-0.2, 0) is 12.3 Å². The van der Waals surface area contributed by atoms with Crippen LogP contribution in [0.1, 0.15) is 23.1 Å². The Morgan fingerprint density at radius 1 is 1.16 bits per heavy atom. The number of hydrogen-bond donors (Lipinski definition) is 2. The van der Waals surface area contributed by atoms with Crippen LogP contribution < -0.4 is 5.32 Å². The van der Waals surface area contributed by atoms with E-state index in [0.717, 1.165) is 22.8 Å². The molecule has 0 amide bonds. The van der Waals surface area contributed by atoms with Crippen molar-refractivity contribution >= 4 is 11.8 Å². The van der Waals surface area contributed by atoms with Gasteiger partial charge in [0, 0.05) is 0 Å². The molecule has 1 atom stereocenters. The minimum Gasteiger partial charge on any atom is -0.464 e. The van der Waals surface area contributed by atoms with Crippen LogP contribution in [0.25, 0.3) is 0 Å². The molecule has 0 aliphatic heterocycles. The number of nitrogens with one attached hydrogen (secondary N) is 1. The molecule has 2 rings (SSSR count). The fourth-order valence-corrected chi connectivity index (χ4v) is 2.37. The van der Waals surface area contributed by atoms with Crippen LogP contribution in [0, 0.1) is 0 Å². The van der Waals surface area contributed by atoms with Crippen LogP contribution in [0.15, 0.2) is 46.9 Å². The van der Waals surface area contributed by atoms with Gasteiger partial charge in [-0.3, -0.25) is 0 Å². The summed E-state index contributed by atoms with van der Waals surface area (Å²) in [5, 5.41) is 12.8. The SMILES string of the molecule is CSCc1ccc(CNC(CO)c2ccccc2)o1. The summed E-state index contributed by atoms with van der Waals surface area (Å²) >= 11 is 1.74. The number of aliphatic hydroxyl groups is 1. The molecule has 1 heterocycles. The summed E-state index contributed by atoms with van der Waals surface area (Å²) in [6.07, 6.45) is 2.05. The maximum absolute atomic E-state index is 9.45. The molecular weight excluding hydrogens is 258 g/mol. The molecule has 102 valence electrons. The lowest BCUT2D eigenvalue weighted by molar-refractivity contribution is 0.240. The van der Waals surface area contributed by atoms with Gasteiger partial charge in [-0.25, -0.2) is 0 Å². The lowest BCUT2D eigenvalue weighted by Gasteiger charge is -2.15. The molecule has 0 spiro atoms. The summed E-state index contributed by atoms with van der Waals surface area (Å²) in [5.41, 5.74) is 1.08. The van der Waals surface area contributed by atoms with Crippen molar-refractivity contribution in [3.63, 3.8) is 0 Å². The third kappa shape index (κ3) is 4.13. The van der Waals surface area contributed by atoms with Crippen molar-refractivity contribution in [2.45, 2.75) is 18.3 Å². The average molecular weight is 277 g/mol. The van der Waals surface area contributed by atoms with Gasteiger partial charge in [0.05, 0.1) is 24.9 Å². The van der Waals surface area contributed by atoms with Crippen molar-refractivity contribution in [1.29, 1.82) is 0 Å². The van der Waals surface area contributed by atoms with E-state index in [1.165, 1.54) is 0 Å². The van der Waals surface area contributed by atoms with Gasteiger partial charge in [-0.1, -0.05) is 30.3 Å². The first kappa shape index (κ1) is 14.2. The monoisotopic (exact) mass is 277 g/mol. The quantitative estimate of drug-likeness (QED) is 0.817. The van der Waals surface area contributed by atoms with Crippen molar-refractivity contribution in [2.75, 3.05) is 12.9 Å². The van der Waals surface area contributed by atoms with E-state index in [9.17, 15) is 5.11 Å². The molecule has 0 saturated carbocycles. The molecule has 0 saturated heterocycles. The highest BCUT2D eigenvalue weighted by Crippen LogP contribution is 2.16. The summed E-state index contributed by atoms with van der Waals surface area (Å²) in [4.78, 5) is 0. The lowest BCUT2D eigenvalue weighted by atomic mass is 10.1. The van der Waals surface area contributed by atoms with Gasteiger partial charge in [0.2, 0.25) is 0 Å². The van der Waals surface area contributed by atoms with Crippen molar-refractivity contribution in [2.24, 2.45) is 0 Å². The Balaban J connectivity index is 1.92. The molecule has 1 unspecified atom stereocenters. The van der Waals surface area contributed by atoms with Gasteiger partial charge in [0.15, 0.2) is 0 Å². The van der Waals surface area contributed by atoms with Crippen molar-refractivity contribution in [1.82, 2.24) is 5.32 Å². The van der Waals surface area contributed by atoms with Gasteiger partial charge >= 0.3 is 0 Å². The Bertz CT molecular complexity index is 484.